The molecule has 1 aliphatic heterocycles. The van der Waals surface area contributed by atoms with Crippen LogP contribution in [0.5, 0.6) is 11.5 Å². The molecule has 2 aromatic heterocycles. The number of fused-ring (bicyclic) bond motifs is 1. The molecule has 4 rings (SSSR count). The highest BCUT2D eigenvalue weighted by Crippen LogP contribution is 2.35. The molecule has 0 unspecified atom stereocenters. The first-order valence-corrected chi connectivity index (χ1v) is 14.5. The number of ether oxygens (including phenoxy) is 3. The Morgan fingerprint density at radius 3 is 2.38 bits per heavy atom. The van der Waals surface area contributed by atoms with Crippen molar-refractivity contribution >= 4 is 41.0 Å². The van der Waals surface area contributed by atoms with E-state index in [9.17, 15) is 14.4 Å². The van der Waals surface area contributed by atoms with Gasteiger partial charge in [-0.3, -0.25) is 14.5 Å². The van der Waals surface area contributed by atoms with Gasteiger partial charge in [0.2, 0.25) is 6.79 Å². The van der Waals surface area contributed by atoms with Crippen molar-refractivity contribution in [1.82, 2.24) is 15.5 Å². The highest BCUT2D eigenvalue weighted by Gasteiger charge is 2.39. The van der Waals surface area contributed by atoms with Crippen LogP contribution in [0, 0.1) is 0 Å². The van der Waals surface area contributed by atoms with Crippen LogP contribution in [-0.4, -0.2) is 42.8 Å². The first-order chi connectivity index (χ1) is 19.0. The molecule has 39 heavy (non-hydrogen) atoms. The van der Waals surface area contributed by atoms with E-state index in [4.69, 9.17) is 14.2 Å². The fourth-order valence-electron chi connectivity index (χ4n) is 4.45. The summed E-state index contributed by atoms with van der Waals surface area (Å²) in [7, 11) is 1.30. The van der Waals surface area contributed by atoms with E-state index < -0.39 is 23.7 Å². The molecule has 1 aliphatic rings. The van der Waals surface area contributed by atoms with Gasteiger partial charge in [0.25, 0.3) is 0 Å². The van der Waals surface area contributed by atoms with Gasteiger partial charge in [0, 0.05) is 22.8 Å². The van der Waals surface area contributed by atoms with Gasteiger partial charge < -0.3 is 24.8 Å². The zero-order valence-corrected chi connectivity index (χ0v) is 23.6. The number of nitrogens with zero attached hydrogens (tertiary/aromatic N) is 1. The van der Waals surface area contributed by atoms with Gasteiger partial charge in [0.15, 0.2) is 23.4 Å². The second-order valence-corrected chi connectivity index (χ2v) is 11.3. The third-order valence-corrected chi connectivity index (χ3v) is 8.28. The predicted molar refractivity (Wildman–Crippen MR) is 150 cm³/mol. The predicted octanol–water partition coefficient (Wildman–Crippen LogP) is 5.23. The number of hydrogen-bond acceptors (Lipinski definition) is 9. The monoisotopic (exact) mass is 571 g/mol. The number of thiophene rings is 2. The maximum Gasteiger partial charge on any atom is 0.317 e. The lowest BCUT2D eigenvalue weighted by atomic mass is 10.0. The molecule has 9 nitrogen and oxygen atoms in total. The second kappa shape index (κ2) is 13.6. The minimum Gasteiger partial charge on any atom is -0.469 e. The van der Waals surface area contributed by atoms with Gasteiger partial charge in [-0.15, -0.1) is 22.7 Å². The van der Waals surface area contributed by atoms with Gasteiger partial charge in [0.05, 0.1) is 19.6 Å². The molecule has 1 aromatic carbocycles. The number of methoxy groups -OCH3 is 1. The van der Waals surface area contributed by atoms with Crippen LogP contribution in [0.1, 0.15) is 54.0 Å². The van der Waals surface area contributed by atoms with E-state index in [1.54, 1.807) is 40.9 Å². The number of amides is 2. The van der Waals surface area contributed by atoms with Crippen LogP contribution in [0.25, 0.3) is 0 Å². The maximum absolute atomic E-state index is 13.6. The molecule has 208 valence electrons. The smallest absolute Gasteiger partial charge is 0.317 e. The summed E-state index contributed by atoms with van der Waals surface area (Å²) in [6.07, 6.45) is 2.76. The molecule has 0 aliphatic carbocycles. The molecule has 2 N–H and O–H groups in total. The molecule has 3 heterocycles. The zero-order valence-electron chi connectivity index (χ0n) is 22.0. The van der Waals surface area contributed by atoms with Crippen LogP contribution in [0.15, 0.2) is 53.2 Å². The fourth-order valence-corrected chi connectivity index (χ4v) is 5.89. The van der Waals surface area contributed by atoms with Crippen LogP contribution in [-0.2, 0) is 27.4 Å². The van der Waals surface area contributed by atoms with Crippen molar-refractivity contribution in [3.8, 4) is 11.5 Å². The van der Waals surface area contributed by atoms with E-state index in [0.29, 0.717) is 36.6 Å². The van der Waals surface area contributed by atoms with E-state index in [0.717, 1.165) is 28.9 Å². The van der Waals surface area contributed by atoms with E-state index in [-0.39, 0.29) is 13.2 Å². The van der Waals surface area contributed by atoms with Crippen molar-refractivity contribution in [2.45, 2.75) is 57.4 Å². The number of carbonyl (C=O) groups excluding carboxylic acids is 3. The molecule has 0 bridgehead atoms. The van der Waals surface area contributed by atoms with E-state index in [1.807, 2.05) is 46.8 Å². The van der Waals surface area contributed by atoms with Crippen LogP contribution in [0.3, 0.4) is 0 Å². The Hall–Kier alpha value is -3.41. The van der Waals surface area contributed by atoms with E-state index >= 15 is 0 Å². The molecule has 2 amide bonds. The third kappa shape index (κ3) is 7.37. The van der Waals surface area contributed by atoms with Gasteiger partial charge >= 0.3 is 12.0 Å². The first kappa shape index (κ1) is 28.6. The zero-order chi connectivity index (χ0) is 27.7. The van der Waals surface area contributed by atoms with Crippen LogP contribution < -0.4 is 20.1 Å². The maximum atomic E-state index is 13.6. The third-order valence-electron chi connectivity index (χ3n) is 6.56. The average molecular weight is 572 g/mol. The largest absolute Gasteiger partial charge is 0.469 e. The van der Waals surface area contributed by atoms with Crippen molar-refractivity contribution in [2.24, 2.45) is 0 Å². The van der Waals surface area contributed by atoms with Gasteiger partial charge in [-0.1, -0.05) is 31.5 Å². The summed E-state index contributed by atoms with van der Waals surface area (Å²) in [5.74, 6) is 0.646. The van der Waals surface area contributed by atoms with Crippen molar-refractivity contribution in [3.63, 3.8) is 0 Å². The SMILES string of the molecule is CCCC[C@@](C=O)(NC(=O)N[C@H](CC(=O)OC)c1ccc2c(c1)OCO2)N(Cc1cccs1)Cc1cccs1. The lowest BCUT2D eigenvalue weighted by Crippen LogP contribution is -2.63. The second-order valence-electron chi connectivity index (χ2n) is 9.20. The van der Waals surface area contributed by atoms with Gasteiger partial charge in [-0.25, -0.2) is 4.79 Å². The Bertz CT molecular complexity index is 1200. The molecule has 3 aromatic rings. The van der Waals surface area contributed by atoms with Gasteiger partial charge in [-0.05, 0) is 53.4 Å². The topological polar surface area (TPSA) is 106 Å². The number of nitrogens with one attached hydrogen (secondary N) is 2. The Kier molecular flexibility index (Phi) is 9.96. The highest BCUT2D eigenvalue weighted by atomic mass is 32.1. The standard InChI is InChI=1S/C28H33N3O6S2/c1-3-4-11-28(18-32,31(16-21-7-5-12-38-21)17-22-8-6-13-39-22)30-27(34)29-23(15-26(33)35-2)20-9-10-24-25(14-20)37-19-36-24/h5-10,12-14,18,23H,3-4,11,15-17,19H2,1-2H3,(H2,29,30,34)/t23-,28-/m1/s1. The lowest BCUT2D eigenvalue weighted by molar-refractivity contribution is -0.141. The van der Waals surface area contributed by atoms with Crippen LogP contribution in [0.4, 0.5) is 4.79 Å². The first-order valence-electron chi connectivity index (χ1n) is 12.8. The summed E-state index contributed by atoms with van der Waals surface area (Å²) in [4.78, 5) is 42.9. The molecule has 11 heteroatoms. The lowest BCUT2D eigenvalue weighted by Gasteiger charge is -2.40. The van der Waals surface area contributed by atoms with Crippen molar-refractivity contribution in [1.29, 1.82) is 0 Å². The van der Waals surface area contributed by atoms with Crippen molar-refractivity contribution in [3.05, 3.63) is 68.5 Å². The van der Waals surface area contributed by atoms with Crippen molar-refractivity contribution < 1.29 is 28.6 Å². The summed E-state index contributed by atoms with van der Waals surface area (Å²) in [6.45, 7) is 3.14. The van der Waals surface area contributed by atoms with Crippen LogP contribution in [0.2, 0.25) is 0 Å². The minimum atomic E-state index is -1.27. The quantitative estimate of drug-likeness (QED) is 0.155. The molecule has 0 saturated heterocycles. The molecule has 2 atom stereocenters. The van der Waals surface area contributed by atoms with Crippen LogP contribution >= 0.6 is 22.7 Å². The number of urea groups is 1. The number of aldehydes is 1. The summed E-state index contributed by atoms with van der Waals surface area (Å²) in [6, 6.07) is 12.0. The fraction of sp³-hybridized carbons (Fsp3) is 0.393. The highest BCUT2D eigenvalue weighted by molar-refractivity contribution is 7.10. The molecule has 0 saturated carbocycles. The molecule has 0 fully saturated rings. The molecule has 0 spiro atoms. The van der Waals surface area contributed by atoms with Gasteiger partial charge in [-0.2, -0.15) is 0 Å². The average Bonchev–Trinajstić information content (AvgIpc) is 3.73. The van der Waals surface area contributed by atoms with E-state index in [1.165, 1.54) is 7.11 Å². The minimum absolute atomic E-state index is 0.0965. The van der Waals surface area contributed by atoms with E-state index in [2.05, 4.69) is 10.6 Å². The molecular formula is C28H33N3O6S2. The summed E-state index contributed by atoms with van der Waals surface area (Å²) in [5, 5.41) is 9.89. The number of benzene rings is 1. The molecular weight excluding hydrogens is 538 g/mol. The Morgan fingerprint density at radius 2 is 1.79 bits per heavy atom. The normalized spacial score (nSPS) is 14.4. The molecule has 0 radical (unpaired) electrons. The van der Waals surface area contributed by atoms with Crippen molar-refractivity contribution in [2.75, 3.05) is 13.9 Å². The Labute approximate surface area is 236 Å². The van der Waals surface area contributed by atoms with Gasteiger partial charge in [0.1, 0.15) is 0 Å². The summed E-state index contributed by atoms with van der Waals surface area (Å²) in [5.41, 5.74) is -0.613. The Balaban J connectivity index is 1.60. The number of unbranched alkanes of at least 4 members (excludes halogenated alkanes) is 1. The number of rotatable bonds is 14. The summed E-state index contributed by atoms with van der Waals surface area (Å²) >= 11 is 3.21. The number of esters is 1. The Morgan fingerprint density at radius 1 is 1.10 bits per heavy atom. The number of hydrogen-bond donors (Lipinski definition) is 2. The number of carbonyl (C=O) groups is 3. The summed E-state index contributed by atoms with van der Waals surface area (Å²) < 4.78 is 15.8.